The van der Waals surface area contributed by atoms with Gasteiger partial charge in [-0.15, -0.1) is 0 Å². The van der Waals surface area contributed by atoms with E-state index in [1.54, 1.807) is 0 Å². The Morgan fingerprint density at radius 2 is 1.89 bits per heavy atom. The number of likely N-dealkylation sites (tertiary alicyclic amines) is 1. The van der Waals surface area contributed by atoms with E-state index in [2.05, 4.69) is 20.5 Å². The molecule has 1 aromatic carbocycles. The van der Waals surface area contributed by atoms with E-state index in [-0.39, 0.29) is 24.2 Å². The molecule has 1 aromatic rings. The number of ether oxygens (including phenoxy) is 1. The molecule has 37 heavy (non-hydrogen) atoms. The van der Waals surface area contributed by atoms with Gasteiger partial charge >= 0.3 is 6.18 Å². The fourth-order valence-electron chi connectivity index (χ4n) is 4.80. The highest BCUT2D eigenvalue weighted by atomic mass is 19.4. The van der Waals surface area contributed by atoms with Crippen molar-refractivity contribution in [3.8, 4) is 0 Å². The highest BCUT2D eigenvalue weighted by molar-refractivity contribution is 5.96. The zero-order valence-corrected chi connectivity index (χ0v) is 20.3. The van der Waals surface area contributed by atoms with Crippen LogP contribution < -0.4 is 10.6 Å². The number of allylic oxidation sites excluding steroid dienone is 2. The minimum Gasteiger partial charge on any atom is -0.475 e. The number of rotatable bonds is 6. The Hall–Kier alpha value is -3.18. The van der Waals surface area contributed by atoms with Gasteiger partial charge in [0.15, 0.2) is 0 Å². The van der Waals surface area contributed by atoms with Crippen molar-refractivity contribution in [3.63, 3.8) is 0 Å². The van der Waals surface area contributed by atoms with Gasteiger partial charge in [0.05, 0.1) is 24.7 Å². The quantitative estimate of drug-likeness (QED) is 0.535. The lowest BCUT2D eigenvalue weighted by Gasteiger charge is -2.48. The number of carbonyl (C=O) groups is 2. The molecule has 3 N–H and O–H groups in total. The second-order valence-corrected chi connectivity index (χ2v) is 9.56. The summed E-state index contributed by atoms with van der Waals surface area (Å²) in [5, 5.41) is 16.3. The molecule has 0 aromatic heterocycles. The highest BCUT2D eigenvalue weighted by Gasteiger charge is 2.43. The van der Waals surface area contributed by atoms with Gasteiger partial charge < -0.3 is 20.5 Å². The molecule has 0 unspecified atom stereocenters. The summed E-state index contributed by atoms with van der Waals surface area (Å²) < 4.78 is 44.2. The number of hydrogen-bond acceptors (Lipinski definition) is 6. The standard InChI is InChI=1S/C26H31F3N4O4/c27-26(28,29)19-7-5-6-18(14-19)23(35)31-15-22(34)32-20-16-33(17-20)21-8-10-25(36,11-9-21)24-30-12-3-1-2-4-13-37-24/h1-7,14,20-21,36H,8-13,15-17H2,(H,31,35)(H,32,34)/b3-1-,4-2-,30-24?. The average molecular weight is 521 g/mol. The predicted octanol–water partition coefficient (Wildman–Crippen LogP) is 2.45. The summed E-state index contributed by atoms with van der Waals surface area (Å²) in [5.41, 5.74) is -2.15. The minimum atomic E-state index is -4.55. The lowest BCUT2D eigenvalue weighted by molar-refractivity contribution is -0.137. The molecule has 2 heterocycles. The molecule has 2 aliphatic heterocycles. The van der Waals surface area contributed by atoms with E-state index in [9.17, 15) is 27.9 Å². The molecule has 11 heteroatoms. The lowest BCUT2D eigenvalue weighted by atomic mass is 9.80. The first-order chi connectivity index (χ1) is 17.6. The van der Waals surface area contributed by atoms with E-state index in [0.29, 0.717) is 45.0 Å². The van der Waals surface area contributed by atoms with Crippen LogP contribution in [-0.2, 0) is 15.7 Å². The molecule has 8 nitrogen and oxygen atoms in total. The summed E-state index contributed by atoms with van der Waals surface area (Å²) >= 11 is 0. The van der Waals surface area contributed by atoms with Crippen LogP contribution in [-0.4, -0.2) is 78.2 Å². The van der Waals surface area contributed by atoms with Crippen LogP contribution in [0.1, 0.15) is 41.6 Å². The van der Waals surface area contributed by atoms with E-state index < -0.39 is 29.2 Å². The molecule has 0 atom stereocenters. The van der Waals surface area contributed by atoms with E-state index in [1.165, 1.54) is 6.07 Å². The lowest BCUT2D eigenvalue weighted by Crippen LogP contribution is -2.64. The number of aliphatic hydroxyl groups is 1. The van der Waals surface area contributed by atoms with Crippen molar-refractivity contribution >= 4 is 17.7 Å². The van der Waals surface area contributed by atoms with Crippen LogP contribution in [0.3, 0.4) is 0 Å². The maximum absolute atomic E-state index is 12.8. The van der Waals surface area contributed by atoms with Gasteiger partial charge in [-0.1, -0.05) is 24.3 Å². The first kappa shape index (κ1) is 26.9. The zero-order valence-electron chi connectivity index (χ0n) is 20.3. The number of hydrogen-bond donors (Lipinski definition) is 3. The van der Waals surface area contributed by atoms with Crippen molar-refractivity contribution in [2.75, 3.05) is 32.8 Å². The van der Waals surface area contributed by atoms with E-state index in [1.807, 2.05) is 24.3 Å². The molecule has 1 saturated heterocycles. The van der Waals surface area contributed by atoms with E-state index in [0.717, 1.165) is 31.0 Å². The van der Waals surface area contributed by atoms with Crippen molar-refractivity contribution in [1.29, 1.82) is 0 Å². The van der Waals surface area contributed by atoms with Crippen LogP contribution in [0.2, 0.25) is 0 Å². The van der Waals surface area contributed by atoms with Gasteiger partial charge in [0.25, 0.3) is 5.91 Å². The van der Waals surface area contributed by atoms with Crippen molar-refractivity contribution in [2.24, 2.45) is 4.99 Å². The summed E-state index contributed by atoms with van der Waals surface area (Å²) in [7, 11) is 0. The van der Waals surface area contributed by atoms with Gasteiger partial charge in [-0.3, -0.25) is 14.5 Å². The molecule has 3 aliphatic rings. The third kappa shape index (κ3) is 6.98. The summed E-state index contributed by atoms with van der Waals surface area (Å²) in [5.74, 6) is -0.753. The summed E-state index contributed by atoms with van der Waals surface area (Å²) in [6.45, 7) is 1.81. The number of benzene rings is 1. The molecule has 4 rings (SSSR count). The Balaban J connectivity index is 1.17. The summed E-state index contributed by atoms with van der Waals surface area (Å²) in [4.78, 5) is 31.1. The van der Waals surface area contributed by atoms with E-state index >= 15 is 0 Å². The molecule has 0 spiro atoms. The van der Waals surface area contributed by atoms with Crippen molar-refractivity contribution < 1.29 is 32.6 Å². The van der Waals surface area contributed by atoms with Crippen molar-refractivity contribution in [2.45, 2.75) is 49.5 Å². The molecule has 1 aliphatic carbocycles. The molecule has 2 fully saturated rings. The first-order valence-corrected chi connectivity index (χ1v) is 12.3. The molecule has 0 radical (unpaired) electrons. The number of carbonyl (C=O) groups excluding carboxylic acids is 2. The average Bonchev–Trinajstić information content (AvgIpc) is 2.99. The van der Waals surface area contributed by atoms with Gasteiger partial charge in [0.1, 0.15) is 12.2 Å². The largest absolute Gasteiger partial charge is 0.475 e. The third-order valence-corrected chi connectivity index (χ3v) is 6.87. The van der Waals surface area contributed by atoms with Crippen LogP contribution in [0, 0.1) is 0 Å². The number of alkyl halides is 3. The fourth-order valence-corrected chi connectivity index (χ4v) is 4.80. The summed E-state index contributed by atoms with van der Waals surface area (Å²) in [6, 6.07) is 4.28. The number of nitrogens with zero attached hydrogens (tertiary/aromatic N) is 2. The van der Waals surface area contributed by atoms with Crippen LogP contribution in [0.25, 0.3) is 0 Å². The van der Waals surface area contributed by atoms with Crippen LogP contribution in [0.5, 0.6) is 0 Å². The Labute approximate surface area is 213 Å². The third-order valence-electron chi connectivity index (χ3n) is 6.87. The first-order valence-electron chi connectivity index (χ1n) is 12.3. The van der Waals surface area contributed by atoms with Crippen molar-refractivity contribution in [1.82, 2.24) is 15.5 Å². The number of nitrogens with one attached hydrogen (secondary N) is 2. The SMILES string of the molecule is O=C(CNC(=O)c1cccc(C(F)(F)F)c1)NC1CN(C2CCC(O)(C3=NC/C=C\C=C/CO3)CC2)C1. The minimum absolute atomic E-state index is 0.0700. The molecule has 2 amide bonds. The van der Waals surface area contributed by atoms with Gasteiger partial charge in [-0.05, 0) is 50.0 Å². The Bertz CT molecular complexity index is 1070. The monoisotopic (exact) mass is 520 g/mol. The fraction of sp³-hybridized carbons (Fsp3) is 0.500. The number of halogens is 3. The molecular formula is C26H31F3N4O4. The Kier molecular flexibility index (Phi) is 8.33. The summed E-state index contributed by atoms with van der Waals surface area (Å²) in [6.07, 6.45) is 5.66. The van der Waals surface area contributed by atoms with Crippen molar-refractivity contribution in [3.05, 3.63) is 59.7 Å². The Morgan fingerprint density at radius 3 is 2.62 bits per heavy atom. The maximum Gasteiger partial charge on any atom is 0.416 e. The zero-order chi connectivity index (χ0) is 26.5. The smallest absolute Gasteiger partial charge is 0.416 e. The second-order valence-electron chi connectivity index (χ2n) is 9.56. The van der Waals surface area contributed by atoms with Crippen LogP contribution in [0.15, 0.2) is 53.6 Å². The number of aliphatic imine (C=N–C) groups is 1. The van der Waals surface area contributed by atoms with Crippen LogP contribution >= 0.6 is 0 Å². The predicted molar refractivity (Wildman–Crippen MR) is 131 cm³/mol. The van der Waals surface area contributed by atoms with Crippen LogP contribution in [0.4, 0.5) is 13.2 Å². The molecule has 0 bridgehead atoms. The normalized spacial score (nSPS) is 26.8. The Morgan fingerprint density at radius 1 is 1.16 bits per heavy atom. The number of amides is 2. The van der Waals surface area contributed by atoms with Gasteiger partial charge in [-0.2, -0.15) is 13.2 Å². The van der Waals surface area contributed by atoms with Gasteiger partial charge in [0.2, 0.25) is 11.8 Å². The molecule has 1 saturated carbocycles. The molecular weight excluding hydrogens is 489 g/mol. The van der Waals surface area contributed by atoms with Gasteiger partial charge in [-0.25, -0.2) is 4.99 Å². The topological polar surface area (TPSA) is 103 Å². The second kappa shape index (κ2) is 11.5. The highest BCUT2D eigenvalue weighted by Crippen LogP contribution is 2.34. The van der Waals surface area contributed by atoms with Gasteiger partial charge in [0, 0.05) is 24.7 Å². The van der Waals surface area contributed by atoms with E-state index in [4.69, 9.17) is 4.74 Å². The molecule has 200 valence electrons. The maximum atomic E-state index is 12.8.